The van der Waals surface area contributed by atoms with E-state index in [-0.39, 0.29) is 11.7 Å². The molecule has 0 aromatic heterocycles. The largest absolute Gasteiger partial charge is 0.494 e. The molecule has 2 aliphatic rings. The molecule has 3 aromatic rings. The number of halogens is 1. The van der Waals surface area contributed by atoms with Crippen LogP contribution in [-0.4, -0.2) is 30.9 Å². The normalized spacial score (nSPS) is 18.1. The summed E-state index contributed by atoms with van der Waals surface area (Å²) in [6, 6.07) is 22.8. The summed E-state index contributed by atoms with van der Waals surface area (Å²) in [5.74, 6) is 2.01. The van der Waals surface area contributed by atoms with Gasteiger partial charge in [0.1, 0.15) is 23.1 Å². The third-order valence-electron chi connectivity index (χ3n) is 6.34. The molecule has 0 spiro atoms. The summed E-state index contributed by atoms with van der Waals surface area (Å²) in [5, 5.41) is 7.00. The van der Waals surface area contributed by atoms with Crippen molar-refractivity contribution in [3.05, 3.63) is 101 Å². The molecule has 1 saturated heterocycles. The zero-order chi connectivity index (χ0) is 23.3. The fourth-order valence-corrected chi connectivity index (χ4v) is 4.66. The van der Waals surface area contributed by atoms with Crippen molar-refractivity contribution >= 4 is 12.0 Å². The van der Waals surface area contributed by atoms with E-state index in [9.17, 15) is 4.39 Å². The molecule has 0 aliphatic carbocycles. The second-order valence-electron chi connectivity index (χ2n) is 8.63. The Hall–Kier alpha value is -3.60. The van der Waals surface area contributed by atoms with Crippen molar-refractivity contribution in [1.82, 2.24) is 5.01 Å². The molecule has 2 heterocycles. The summed E-state index contributed by atoms with van der Waals surface area (Å²) in [6.07, 6.45) is 5.51. The van der Waals surface area contributed by atoms with Gasteiger partial charge in [0.15, 0.2) is 0 Å². The highest BCUT2D eigenvalue weighted by molar-refractivity contribution is 5.94. The zero-order valence-electron chi connectivity index (χ0n) is 19.4. The molecule has 0 saturated carbocycles. The molecular weight excluding hydrogens is 427 g/mol. The summed E-state index contributed by atoms with van der Waals surface area (Å²) in [5.41, 5.74) is 3.95. The highest BCUT2D eigenvalue weighted by Crippen LogP contribution is 2.45. The molecule has 0 amide bonds. The molecule has 174 valence electrons. The highest BCUT2D eigenvalue weighted by Gasteiger charge is 2.31. The Morgan fingerprint density at radius 3 is 2.44 bits per heavy atom. The molecule has 34 heavy (non-hydrogen) atoms. The zero-order valence-corrected chi connectivity index (χ0v) is 19.4. The number of para-hydroxylation sites is 1. The van der Waals surface area contributed by atoms with Crippen molar-refractivity contribution in [2.45, 2.75) is 32.1 Å². The molecule has 1 unspecified atom stereocenters. The fourth-order valence-electron chi connectivity index (χ4n) is 4.66. The van der Waals surface area contributed by atoms with E-state index in [4.69, 9.17) is 14.6 Å². The van der Waals surface area contributed by atoms with Crippen molar-refractivity contribution in [1.29, 1.82) is 0 Å². The minimum absolute atomic E-state index is 0.124. The van der Waals surface area contributed by atoms with Crippen LogP contribution in [0.1, 0.15) is 48.8 Å². The molecule has 5 heteroatoms. The Kier molecular flexibility index (Phi) is 6.61. The second kappa shape index (κ2) is 10.1. The first-order valence-corrected chi connectivity index (χ1v) is 12.0. The van der Waals surface area contributed by atoms with Gasteiger partial charge in [0.2, 0.25) is 0 Å². The van der Waals surface area contributed by atoms with Gasteiger partial charge in [-0.15, -0.1) is 0 Å². The Morgan fingerprint density at radius 1 is 0.971 bits per heavy atom. The number of nitrogens with zero attached hydrogens (tertiary/aromatic N) is 2. The van der Waals surface area contributed by atoms with Gasteiger partial charge in [0, 0.05) is 35.7 Å². The van der Waals surface area contributed by atoms with E-state index in [0.717, 1.165) is 65.5 Å². The standard InChI is InChI=1S/C29H29FN2O2/c1-2-33-24-16-12-22(13-17-24)29-26(20-31-32-18-6-3-7-19-32)28(21-10-14-23(30)15-11-21)25-8-4-5-9-27(25)34-29/h4-5,8-17,20,28H,2-3,6-7,18-19H2,1H3/b31-20+. The van der Waals surface area contributed by atoms with Crippen LogP contribution in [0, 0.1) is 5.82 Å². The maximum absolute atomic E-state index is 13.8. The van der Waals surface area contributed by atoms with Crippen LogP contribution in [0.15, 0.2) is 83.5 Å². The predicted octanol–water partition coefficient (Wildman–Crippen LogP) is 6.63. The minimum Gasteiger partial charge on any atom is -0.494 e. The number of piperidine rings is 1. The van der Waals surface area contributed by atoms with Crippen molar-refractivity contribution < 1.29 is 13.9 Å². The lowest BCUT2D eigenvalue weighted by molar-refractivity contribution is 0.240. The van der Waals surface area contributed by atoms with Crippen LogP contribution >= 0.6 is 0 Å². The SMILES string of the molecule is CCOc1ccc(C2=C(/C=N/N3CCCCC3)C(c3ccc(F)cc3)c3ccccc3O2)cc1. The molecular formula is C29H29FN2O2. The topological polar surface area (TPSA) is 34.1 Å². The average molecular weight is 457 g/mol. The lowest BCUT2D eigenvalue weighted by atomic mass is 9.81. The van der Waals surface area contributed by atoms with Crippen LogP contribution in [0.25, 0.3) is 5.76 Å². The van der Waals surface area contributed by atoms with Crippen LogP contribution < -0.4 is 9.47 Å². The van der Waals surface area contributed by atoms with Gasteiger partial charge in [-0.25, -0.2) is 4.39 Å². The maximum Gasteiger partial charge on any atom is 0.140 e. The van der Waals surface area contributed by atoms with Crippen molar-refractivity contribution in [3.63, 3.8) is 0 Å². The smallest absolute Gasteiger partial charge is 0.140 e. The number of rotatable bonds is 6. The average Bonchev–Trinajstić information content (AvgIpc) is 2.88. The first-order valence-electron chi connectivity index (χ1n) is 12.0. The molecule has 3 aromatic carbocycles. The van der Waals surface area contributed by atoms with Crippen molar-refractivity contribution in [2.24, 2.45) is 5.10 Å². The summed E-state index contributed by atoms with van der Waals surface area (Å²) in [4.78, 5) is 0. The first-order chi connectivity index (χ1) is 16.7. The quantitative estimate of drug-likeness (QED) is 0.390. The van der Waals surface area contributed by atoms with Crippen molar-refractivity contribution in [3.8, 4) is 11.5 Å². The highest BCUT2D eigenvalue weighted by atomic mass is 19.1. The van der Waals surface area contributed by atoms with Gasteiger partial charge in [-0.3, -0.25) is 5.01 Å². The van der Waals surface area contributed by atoms with E-state index in [1.165, 1.54) is 18.6 Å². The lowest BCUT2D eigenvalue weighted by Crippen LogP contribution is -2.25. The summed E-state index contributed by atoms with van der Waals surface area (Å²) in [7, 11) is 0. The van der Waals surface area contributed by atoms with Gasteiger partial charge in [-0.2, -0.15) is 5.10 Å². The maximum atomic E-state index is 13.8. The molecule has 1 atom stereocenters. The van der Waals surface area contributed by atoms with Gasteiger partial charge in [0.05, 0.1) is 12.8 Å². The number of ether oxygens (including phenoxy) is 2. The van der Waals surface area contributed by atoms with Crippen LogP contribution in [0.2, 0.25) is 0 Å². The molecule has 4 nitrogen and oxygen atoms in total. The summed E-state index contributed by atoms with van der Waals surface area (Å²) >= 11 is 0. The Labute approximate surface area is 200 Å². The van der Waals surface area contributed by atoms with Crippen molar-refractivity contribution in [2.75, 3.05) is 19.7 Å². The van der Waals surface area contributed by atoms with Crippen LogP contribution in [-0.2, 0) is 0 Å². The third-order valence-corrected chi connectivity index (χ3v) is 6.34. The van der Waals surface area contributed by atoms with E-state index in [0.29, 0.717) is 6.61 Å². The number of hydrazone groups is 1. The van der Waals surface area contributed by atoms with E-state index in [1.54, 1.807) is 0 Å². The van der Waals surface area contributed by atoms with Crippen LogP contribution in [0.3, 0.4) is 0 Å². The Balaban J connectivity index is 1.65. The number of benzene rings is 3. The predicted molar refractivity (Wildman–Crippen MR) is 134 cm³/mol. The van der Waals surface area contributed by atoms with E-state index < -0.39 is 0 Å². The molecule has 5 rings (SSSR count). The van der Waals surface area contributed by atoms with Crippen LogP contribution in [0.5, 0.6) is 11.5 Å². The second-order valence-corrected chi connectivity index (χ2v) is 8.63. The Morgan fingerprint density at radius 2 is 1.71 bits per heavy atom. The van der Waals surface area contributed by atoms with E-state index >= 15 is 0 Å². The number of fused-ring (bicyclic) bond motifs is 1. The van der Waals surface area contributed by atoms with Gasteiger partial charge < -0.3 is 9.47 Å². The number of hydrogen-bond acceptors (Lipinski definition) is 4. The van der Waals surface area contributed by atoms with Gasteiger partial charge in [-0.05, 0) is 74.2 Å². The fraction of sp³-hybridized carbons (Fsp3) is 0.276. The monoisotopic (exact) mass is 456 g/mol. The molecule has 2 aliphatic heterocycles. The van der Waals surface area contributed by atoms with E-state index in [2.05, 4.69) is 11.1 Å². The summed E-state index contributed by atoms with van der Waals surface area (Å²) in [6.45, 7) is 4.51. The lowest BCUT2D eigenvalue weighted by Gasteiger charge is -2.30. The molecule has 1 fully saturated rings. The number of allylic oxidation sites excluding steroid dienone is 1. The van der Waals surface area contributed by atoms with E-state index in [1.807, 2.05) is 67.7 Å². The Bertz CT molecular complexity index is 1180. The summed E-state index contributed by atoms with van der Waals surface area (Å²) < 4.78 is 25.9. The van der Waals surface area contributed by atoms with Crippen LogP contribution in [0.4, 0.5) is 4.39 Å². The number of hydrogen-bond donors (Lipinski definition) is 0. The molecule has 0 N–H and O–H groups in total. The molecule has 0 radical (unpaired) electrons. The third kappa shape index (κ3) is 4.69. The van der Waals surface area contributed by atoms with Gasteiger partial charge in [-0.1, -0.05) is 30.3 Å². The molecule has 0 bridgehead atoms. The first kappa shape index (κ1) is 22.2. The van der Waals surface area contributed by atoms with Gasteiger partial charge >= 0.3 is 0 Å². The van der Waals surface area contributed by atoms with Gasteiger partial charge in [0.25, 0.3) is 0 Å². The minimum atomic E-state index is -0.247.